The minimum Gasteiger partial charge on any atom is -0.345 e. The molecule has 4 rings (SSSR count). The third kappa shape index (κ3) is 3.06. The van der Waals surface area contributed by atoms with Crippen molar-refractivity contribution in [3.05, 3.63) is 58.1 Å². The Kier molecular flexibility index (Phi) is 4.59. The molecule has 1 aliphatic rings. The number of fused-ring (bicyclic) bond motifs is 1. The van der Waals surface area contributed by atoms with Gasteiger partial charge in [-0.1, -0.05) is 47.2 Å². The Balaban J connectivity index is 1.50. The largest absolute Gasteiger partial charge is 0.345 e. The van der Waals surface area contributed by atoms with Gasteiger partial charge in [0.1, 0.15) is 0 Å². The molecule has 0 spiro atoms. The maximum absolute atomic E-state index is 12.8. The van der Waals surface area contributed by atoms with Crippen molar-refractivity contribution in [1.29, 1.82) is 0 Å². The van der Waals surface area contributed by atoms with Gasteiger partial charge in [-0.15, -0.1) is 0 Å². The lowest BCUT2D eigenvalue weighted by molar-refractivity contribution is 0.0746. The molecule has 1 aromatic heterocycles. The van der Waals surface area contributed by atoms with Crippen molar-refractivity contribution in [2.75, 3.05) is 31.1 Å². The van der Waals surface area contributed by atoms with E-state index in [0.29, 0.717) is 13.1 Å². The summed E-state index contributed by atoms with van der Waals surface area (Å²) in [7, 11) is 0. The van der Waals surface area contributed by atoms with E-state index in [2.05, 4.69) is 11.8 Å². The first kappa shape index (κ1) is 17.3. The number of amides is 1. The van der Waals surface area contributed by atoms with Gasteiger partial charge in [0.15, 0.2) is 5.13 Å². The highest BCUT2D eigenvalue weighted by molar-refractivity contribution is 7.22. The second kappa shape index (κ2) is 6.89. The molecule has 0 atom stereocenters. The number of rotatable bonds is 2. The quantitative estimate of drug-likeness (QED) is 0.650. The molecule has 6 heteroatoms. The van der Waals surface area contributed by atoms with E-state index in [1.165, 1.54) is 0 Å². The summed E-state index contributed by atoms with van der Waals surface area (Å²) in [6.45, 7) is 7.02. The molecule has 1 aliphatic heterocycles. The van der Waals surface area contributed by atoms with Gasteiger partial charge in [-0.2, -0.15) is 0 Å². The Bertz CT molecular complexity index is 937. The molecule has 1 fully saturated rings. The Labute approximate surface area is 162 Å². The first-order valence-electron chi connectivity index (χ1n) is 8.70. The van der Waals surface area contributed by atoms with Crippen LogP contribution in [0.5, 0.6) is 0 Å². The second-order valence-electron chi connectivity index (χ2n) is 6.63. The molecule has 0 unspecified atom stereocenters. The van der Waals surface area contributed by atoms with E-state index in [9.17, 15) is 4.79 Å². The van der Waals surface area contributed by atoms with E-state index in [-0.39, 0.29) is 5.91 Å². The second-order valence-corrected chi connectivity index (χ2v) is 8.02. The van der Waals surface area contributed by atoms with Crippen LogP contribution in [0.15, 0.2) is 36.4 Å². The molecular weight excluding hydrogens is 366 g/mol. The zero-order chi connectivity index (χ0) is 18.3. The van der Waals surface area contributed by atoms with Crippen LogP contribution >= 0.6 is 22.9 Å². The number of hydrogen-bond donors (Lipinski definition) is 0. The SMILES string of the molecule is Cc1ccccc1C(=O)N1CCN(c2nc3c(C)ccc(Cl)c3s2)CC1. The number of hydrogen-bond acceptors (Lipinski definition) is 4. The zero-order valence-corrected chi connectivity index (χ0v) is 16.4. The Hall–Kier alpha value is -2.11. The van der Waals surface area contributed by atoms with E-state index < -0.39 is 0 Å². The highest BCUT2D eigenvalue weighted by Gasteiger charge is 2.25. The minimum atomic E-state index is 0.117. The van der Waals surface area contributed by atoms with Gasteiger partial charge < -0.3 is 9.80 Å². The lowest BCUT2D eigenvalue weighted by atomic mass is 10.1. The van der Waals surface area contributed by atoms with Crippen LogP contribution in [0.3, 0.4) is 0 Å². The van der Waals surface area contributed by atoms with Crippen LogP contribution in [-0.4, -0.2) is 42.0 Å². The van der Waals surface area contributed by atoms with Crippen molar-refractivity contribution in [3.63, 3.8) is 0 Å². The van der Waals surface area contributed by atoms with Gasteiger partial charge in [-0.05, 0) is 37.1 Å². The van der Waals surface area contributed by atoms with Crippen LogP contribution in [0.25, 0.3) is 10.2 Å². The van der Waals surface area contributed by atoms with Crippen molar-refractivity contribution in [2.45, 2.75) is 13.8 Å². The van der Waals surface area contributed by atoms with Crippen LogP contribution < -0.4 is 4.90 Å². The fourth-order valence-electron chi connectivity index (χ4n) is 3.31. The number of anilines is 1. The van der Waals surface area contributed by atoms with E-state index >= 15 is 0 Å². The molecule has 0 aliphatic carbocycles. The number of nitrogens with zero attached hydrogens (tertiary/aromatic N) is 3. The highest BCUT2D eigenvalue weighted by Crippen LogP contribution is 2.35. The van der Waals surface area contributed by atoms with Gasteiger partial charge >= 0.3 is 0 Å². The summed E-state index contributed by atoms with van der Waals surface area (Å²) in [6, 6.07) is 11.7. The number of piperazine rings is 1. The summed E-state index contributed by atoms with van der Waals surface area (Å²) < 4.78 is 1.04. The fourth-order valence-corrected chi connectivity index (χ4v) is 4.68. The maximum atomic E-state index is 12.8. The highest BCUT2D eigenvalue weighted by atomic mass is 35.5. The minimum absolute atomic E-state index is 0.117. The Morgan fingerprint density at radius 3 is 2.46 bits per heavy atom. The van der Waals surface area contributed by atoms with Crippen LogP contribution in [0, 0.1) is 13.8 Å². The monoisotopic (exact) mass is 385 g/mol. The van der Waals surface area contributed by atoms with Crippen molar-refractivity contribution in [1.82, 2.24) is 9.88 Å². The molecule has 2 aromatic carbocycles. The topological polar surface area (TPSA) is 36.4 Å². The molecule has 4 nitrogen and oxygen atoms in total. The van der Waals surface area contributed by atoms with Gasteiger partial charge in [0, 0.05) is 31.7 Å². The van der Waals surface area contributed by atoms with Crippen LogP contribution in [0.2, 0.25) is 5.02 Å². The maximum Gasteiger partial charge on any atom is 0.254 e. The average Bonchev–Trinajstić information content (AvgIpc) is 3.12. The van der Waals surface area contributed by atoms with Gasteiger partial charge in [0.25, 0.3) is 5.91 Å². The molecule has 1 amide bonds. The number of halogens is 1. The lowest BCUT2D eigenvalue weighted by Crippen LogP contribution is -2.48. The Morgan fingerprint density at radius 2 is 1.77 bits per heavy atom. The first-order chi connectivity index (χ1) is 12.5. The molecule has 134 valence electrons. The van der Waals surface area contributed by atoms with E-state index in [0.717, 1.165) is 50.2 Å². The number of benzene rings is 2. The molecule has 0 bridgehead atoms. The first-order valence-corrected chi connectivity index (χ1v) is 9.89. The van der Waals surface area contributed by atoms with Crippen LogP contribution in [0.4, 0.5) is 5.13 Å². The average molecular weight is 386 g/mol. The normalized spacial score (nSPS) is 14.9. The third-order valence-corrected chi connectivity index (χ3v) is 6.48. The Morgan fingerprint density at radius 1 is 1.04 bits per heavy atom. The van der Waals surface area contributed by atoms with Gasteiger partial charge in [-0.3, -0.25) is 4.79 Å². The summed E-state index contributed by atoms with van der Waals surface area (Å²) in [6.07, 6.45) is 0. The predicted octanol–water partition coefficient (Wildman–Crippen LogP) is 4.53. The zero-order valence-electron chi connectivity index (χ0n) is 14.8. The molecular formula is C20H20ClN3OS. The number of carbonyl (C=O) groups is 1. The van der Waals surface area contributed by atoms with Crippen molar-refractivity contribution in [3.8, 4) is 0 Å². The van der Waals surface area contributed by atoms with Gasteiger partial charge in [0.05, 0.1) is 15.2 Å². The molecule has 3 aromatic rings. The molecule has 0 radical (unpaired) electrons. The van der Waals surface area contributed by atoms with E-state index in [1.807, 2.05) is 48.2 Å². The van der Waals surface area contributed by atoms with Crippen molar-refractivity contribution >= 4 is 44.2 Å². The number of carbonyl (C=O) groups excluding carboxylic acids is 1. The molecule has 2 heterocycles. The van der Waals surface area contributed by atoms with Crippen molar-refractivity contribution in [2.24, 2.45) is 0 Å². The predicted molar refractivity (Wildman–Crippen MR) is 109 cm³/mol. The third-order valence-electron chi connectivity index (χ3n) is 4.90. The fraction of sp³-hybridized carbons (Fsp3) is 0.300. The van der Waals surface area contributed by atoms with Crippen LogP contribution in [-0.2, 0) is 0 Å². The van der Waals surface area contributed by atoms with Crippen LogP contribution in [0.1, 0.15) is 21.5 Å². The molecule has 0 saturated carbocycles. The smallest absolute Gasteiger partial charge is 0.254 e. The number of aryl methyl sites for hydroxylation is 2. The lowest BCUT2D eigenvalue weighted by Gasteiger charge is -2.34. The summed E-state index contributed by atoms with van der Waals surface area (Å²) in [5.74, 6) is 0.117. The van der Waals surface area contributed by atoms with E-state index in [1.54, 1.807) is 11.3 Å². The number of thiazole rings is 1. The summed E-state index contributed by atoms with van der Waals surface area (Å²) >= 11 is 7.96. The standard InChI is InChI=1S/C20H20ClN3OS/c1-13-5-3-4-6-15(13)19(25)23-9-11-24(12-10-23)20-22-17-14(2)7-8-16(21)18(17)26-20/h3-8H,9-12H2,1-2H3. The van der Waals surface area contributed by atoms with E-state index in [4.69, 9.17) is 16.6 Å². The van der Waals surface area contributed by atoms with Crippen molar-refractivity contribution < 1.29 is 4.79 Å². The summed E-state index contributed by atoms with van der Waals surface area (Å²) in [5.41, 5.74) is 3.94. The molecule has 1 saturated heterocycles. The van der Waals surface area contributed by atoms with Gasteiger partial charge in [0.2, 0.25) is 0 Å². The molecule has 0 N–H and O–H groups in total. The summed E-state index contributed by atoms with van der Waals surface area (Å²) in [5, 5.41) is 1.74. The summed E-state index contributed by atoms with van der Waals surface area (Å²) in [4.78, 5) is 21.8. The van der Waals surface area contributed by atoms with Gasteiger partial charge in [-0.25, -0.2) is 4.98 Å². The number of aromatic nitrogens is 1. The molecule has 26 heavy (non-hydrogen) atoms.